The van der Waals surface area contributed by atoms with Gasteiger partial charge >= 0.3 is 5.97 Å². The number of ether oxygens (including phenoxy) is 1. The van der Waals surface area contributed by atoms with E-state index in [1.165, 1.54) is 18.2 Å². The highest BCUT2D eigenvalue weighted by Gasteiger charge is 2.31. The van der Waals surface area contributed by atoms with E-state index in [2.05, 4.69) is 5.32 Å². The number of carbonyl (C=O) groups is 2. The van der Waals surface area contributed by atoms with Crippen molar-refractivity contribution in [3.63, 3.8) is 0 Å². The molecule has 2 aromatic rings. The van der Waals surface area contributed by atoms with Crippen molar-refractivity contribution in [3.05, 3.63) is 65.0 Å². The quantitative estimate of drug-likeness (QED) is 0.868. The number of fused-ring (bicyclic) bond motifs is 1. The van der Waals surface area contributed by atoms with Crippen LogP contribution in [-0.2, 0) is 16.0 Å². The summed E-state index contributed by atoms with van der Waals surface area (Å²) in [5.74, 6) is -1.46. The number of rotatable bonds is 2. The van der Waals surface area contributed by atoms with Crippen LogP contribution in [-0.4, -0.2) is 18.0 Å². The van der Waals surface area contributed by atoms with Crippen LogP contribution in [0.25, 0.3) is 0 Å². The van der Waals surface area contributed by atoms with E-state index in [0.29, 0.717) is 16.8 Å². The van der Waals surface area contributed by atoms with Gasteiger partial charge in [0.1, 0.15) is 5.82 Å². The molecule has 1 heterocycles. The van der Waals surface area contributed by atoms with Gasteiger partial charge in [0.15, 0.2) is 6.10 Å². The number of para-hydroxylation sites is 1. The highest BCUT2D eigenvalue weighted by molar-refractivity contribution is 6.00. The second kappa shape index (κ2) is 5.60. The van der Waals surface area contributed by atoms with Gasteiger partial charge in [-0.1, -0.05) is 18.2 Å². The Balaban J connectivity index is 1.80. The highest BCUT2D eigenvalue weighted by atomic mass is 19.1. The lowest BCUT2D eigenvalue weighted by Crippen LogP contribution is -2.38. The van der Waals surface area contributed by atoms with Crippen LogP contribution in [0.5, 0.6) is 0 Å². The molecule has 0 fully saturated rings. The molecule has 1 N–H and O–H groups in total. The molecule has 1 aliphatic heterocycles. The topological polar surface area (TPSA) is 55.4 Å². The van der Waals surface area contributed by atoms with Crippen molar-refractivity contribution in [3.8, 4) is 0 Å². The van der Waals surface area contributed by atoms with Crippen molar-refractivity contribution in [2.24, 2.45) is 0 Å². The Hall–Kier alpha value is -2.69. The number of amides is 1. The summed E-state index contributed by atoms with van der Waals surface area (Å²) >= 11 is 0. The summed E-state index contributed by atoms with van der Waals surface area (Å²) in [5.41, 5.74) is 2.36. The molecule has 0 aromatic heterocycles. The summed E-state index contributed by atoms with van der Waals surface area (Å²) in [7, 11) is 0. The maximum absolute atomic E-state index is 13.3. The lowest BCUT2D eigenvalue weighted by Gasteiger charge is -2.24. The molecule has 3 rings (SSSR count). The van der Waals surface area contributed by atoms with Gasteiger partial charge in [0.25, 0.3) is 5.91 Å². The van der Waals surface area contributed by atoms with E-state index < -0.39 is 23.8 Å². The Morgan fingerprint density at radius 2 is 2.05 bits per heavy atom. The molecule has 1 unspecified atom stereocenters. The second-order valence-electron chi connectivity index (χ2n) is 5.20. The summed E-state index contributed by atoms with van der Waals surface area (Å²) < 4.78 is 18.5. The summed E-state index contributed by atoms with van der Waals surface area (Å²) in [5, 5.41) is 2.74. The van der Waals surface area contributed by atoms with Gasteiger partial charge in [0.2, 0.25) is 0 Å². The fraction of sp³-hybridized carbons (Fsp3) is 0.176. The van der Waals surface area contributed by atoms with Crippen molar-refractivity contribution < 1.29 is 18.7 Å². The Kier molecular flexibility index (Phi) is 3.63. The van der Waals surface area contributed by atoms with E-state index in [0.717, 1.165) is 5.56 Å². The minimum Gasteiger partial charge on any atom is -0.448 e. The minimum absolute atomic E-state index is 0.163. The minimum atomic E-state index is -0.957. The van der Waals surface area contributed by atoms with Crippen LogP contribution in [0.1, 0.15) is 21.5 Å². The van der Waals surface area contributed by atoms with E-state index in [1.54, 1.807) is 12.1 Å². The molecule has 4 nitrogen and oxygen atoms in total. The number of hydrogen-bond acceptors (Lipinski definition) is 3. The SMILES string of the molecule is Cc1ccccc1NC(=O)C1Cc2cc(F)ccc2C(=O)O1. The van der Waals surface area contributed by atoms with E-state index >= 15 is 0 Å². The molecule has 112 valence electrons. The molecule has 0 bridgehead atoms. The highest BCUT2D eigenvalue weighted by Crippen LogP contribution is 2.23. The first-order valence-corrected chi connectivity index (χ1v) is 6.90. The standard InChI is InChI=1S/C17H14FNO3/c1-10-4-2-3-5-14(10)19-16(20)15-9-11-8-12(18)6-7-13(11)17(21)22-15/h2-8,15H,9H2,1H3,(H,19,20). The third kappa shape index (κ3) is 2.70. The summed E-state index contributed by atoms with van der Waals surface area (Å²) in [4.78, 5) is 24.2. The van der Waals surface area contributed by atoms with Crippen LogP contribution >= 0.6 is 0 Å². The lowest BCUT2D eigenvalue weighted by atomic mass is 9.98. The third-order valence-corrected chi connectivity index (χ3v) is 3.64. The van der Waals surface area contributed by atoms with Gasteiger partial charge in [0, 0.05) is 12.1 Å². The Morgan fingerprint density at radius 3 is 2.82 bits per heavy atom. The predicted octanol–water partition coefficient (Wildman–Crippen LogP) is 2.85. The Bertz CT molecular complexity index is 757. The molecule has 0 aliphatic carbocycles. The molecule has 1 amide bonds. The van der Waals surface area contributed by atoms with E-state index in [9.17, 15) is 14.0 Å². The van der Waals surface area contributed by atoms with Crippen LogP contribution in [0, 0.1) is 12.7 Å². The molecule has 5 heteroatoms. The van der Waals surface area contributed by atoms with Gasteiger partial charge in [0.05, 0.1) is 5.56 Å². The van der Waals surface area contributed by atoms with Crippen LogP contribution in [0.4, 0.5) is 10.1 Å². The van der Waals surface area contributed by atoms with E-state index in [4.69, 9.17) is 4.74 Å². The molecule has 22 heavy (non-hydrogen) atoms. The fourth-order valence-corrected chi connectivity index (χ4v) is 2.44. The van der Waals surface area contributed by atoms with Crippen LogP contribution in [0.15, 0.2) is 42.5 Å². The largest absolute Gasteiger partial charge is 0.448 e. The monoisotopic (exact) mass is 299 g/mol. The number of halogens is 1. The van der Waals surface area contributed by atoms with Gasteiger partial charge in [-0.25, -0.2) is 9.18 Å². The number of aryl methyl sites for hydroxylation is 1. The van der Waals surface area contributed by atoms with E-state index in [-0.39, 0.29) is 6.42 Å². The second-order valence-corrected chi connectivity index (χ2v) is 5.20. The number of cyclic esters (lactones) is 1. The van der Waals surface area contributed by atoms with Gasteiger partial charge < -0.3 is 10.1 Å². The number of benzene rings is 2. The molecule has 0 saturated heterocycles. The third-order valence-electron chi connectivity index (χ3n) is 3.64. The molecule has 0 saturated carbocycles. The lowest BCUT2D eigenvalue weighted by molar-refractivity contribution is -0.125. The number of hydrogen-bond donors (Lipinski definition) is 1. The van der Waals surface area contributed by atoms with Crippen LogP contribution in [0.3, 0.4) is 0 Å². The normalized spacial score (nSPS) is 16.6. The Labute approximate surface area is 126 Å². The van der Waals surface area contributed by atoms with Crippen LogP contribution in [0.2, 0.25) is 0 Å². The maximum atomic E-state index is 13.3. The average Bonchev–Trinajstić information content (AvgIpc) is 2.49. The smallest absolute Gasteiger partial charge is 0.339 e. The average molecular weight is 299 g/mol. The van der Waals surface area contributed by atoms with Gasteiger partial charge in [-0.3, -0.25) is 4.79 Å². The zero-order chi connectivity index (χ0) is 15.7. The zero-order valence-electron chi connectivity index (χ0n) is 11.9. The van der Waals surface area contributed by atoms with Gasteiger partial charge in [-0.2, -0.15) is 0 Å². The van der Waals surface area contributed by atoms with Crippen molar-refractivity contribution >= 4 is 17.6 Å². The first kappa shape index (κ1) is 14.3. The predicted molar refractivity (Wildman–Crippen MR) is 79.1 cm³/mol. The fourth-order valence-electron chi connectivity index (χ4n) is 2.44. The number of anilines is 1. The van der Waals surface area contributed by atoms with Crippen molar-refractivity contribution in [1.82, 2.24) is 0 Å². The molecular weight excluding hydrogens is 285 g/mol. The number of nitrogens with one attached hydrogen (secondary N) is 1. The first-order valence-electron chi connectivity index (χ1n) is 6.90. The van der Waals surface area contributed by atoms with E-state index in [1.807, 2.05) is 19.1 Å². The molecule has 0 spiro atoms. The molecule has 1 atom stereocenters. The molecular formula is C17H14FNO3. The first-order chi connectivity index (χ1) is 10.5. The summed E-state index contributed by atoms with van der Waals surface area (Å²) in [6, 6.07) is 11.2. The van der Waals surface area contributed by atoms with Gasteiger partial charge in [-0.05, 0) is 42.3 Å². The van der Waals surface area contributed by atoms with Crippen molar-refractivity contribution in [2.75, 3.05) is 5.32 Å². The van der Waals surface area contributed by atoms with Gasteiger partial charge in [-0.15, -0.1) is 0 Å². The molecule has 1 aliphatic rings. The number of carbonyl (C=O) groups excluding carboxylic acids is 2. The molecule has 0 radical (unpaired) electrons. The van der Waals surface area contributed by atoms with Crippen molar-refractivity contribution in [2.45, 2.75) is 19.4 Å². The zero-order valence-corrected chi connectivity index (χ0v) is 11.9. The Morgan fingerprint density at radius 1 is 1.27 bits per heavy atom. The number of esters is 1. The maximum Gasteiger partial charge on any atom is 0.339 e. The van der Waals surface area contributed by atoms with Crippen molar-refractivity contribution in [1.29, 1.82) is 0 Å². The molecule has 2 aromatic carbocycles. The summed E-state index contributed by atoms with van der Waals surface area (Å²) in [6.07, 6.45) is -0.794. The summed E-state index contributed by atoms with van der Waals surface area (Å²) in [6.45, 7) is 1.87. The van der Waals surface area contributed by atoms with Crippen LogP contribution < -0.4 is 5.32 Å².